The van der Waals surface area contributed by atoms with Gasteiger partial charge in [0, 0.05) is 13.2 Å². The Balaban J connectivity index is 4.77. The molecular formula is C16H31NO5. The van der Waals surface area contributed by atoms with E-state index in [0.717, 1.165) is 0 Å². The molecule has 0 aliphatic carbocycles. The topological polar surface area (TPSA) is 84.9 Å². The van der Waals surface area contributed by atoms with Crippen LogP contribution in [0.25, 0.3) is 0 Å². The normalized spacial score (nSPS) is 14.5. The van der Waals surface area contributed by atoms with Crippen LogP contribution in [0.1, 0.15) is 60.8 Å². The molecule has 1 amide bonds. The number of hydrogen-bond acceptors (Lipinski definition) is 4. The first kappa shape index (κ1) is 20.7. The highest BCUT2D eigenvalue weighted by Gasteiger charge is 2.38. The van der Waals surface area contributed by atoms with Gasteiger partial charge >= 0.3 is 12.1 Å². The van der Waals surface area contributed by atoms with Gasteiger partial charge in [-0.25, -0.2) is 4.79 Å². The third kappa shape index (κ3) is 8.22. The van der Waals surface area contributed by atoms with Gasteiger partial charge in [0.1, 0.15) is 5.60 Å². The van der Waals surface area contributed by atoms with Crippen LogP contribution in [0.15, 0.2) is 0 Å². The second-order valence-corrected chi connectivity index (χ2v) is 6.86. The zero-order valence-corrected chi connectivity index (χ0v) is 14.7. The van der Waals surface area contributed by atoms with Crippen LogP contribution in [0, 0.1) is 5.41 Å². The van der Waals surface area contributed by atoms with Crippen LogP contribution in [0.5, 0.6) is 0 Å². The Morgan fingerprint density at radius 2 is 1.77 bits per heavy atom. The van der Waals surface area contributed by atoms with Gasteiger partial charge in [0.05, 0.1) is 11.5 Å². The minimum Gasteiger partial charge on any atom is -0.481 e. The van der Waals surface area contributed by atoms with E-state index in [1.165, 1.54) is 0 Å². The van der Waals surface area contributed by atoms with Crippen molar-refractivity contribution < 1.29 is 24.2 Å². The van der Waals surface area contributed by atoms with Gasteiger partial charge in [0.15, 0.2) is 0 Å². The minimum atomic E-state index is -1.03. The van der Waals surface area contributed by atoms with E-state index in [-0.39, 0.29) is 12.6 Å². The van der Waals surface area contributed by atoms with Crippen LogP contribution in [-0.4, -0.2) is 42.0 Å². The fourth-order valence-corrected chi connectivity index (χ4v) is 2.12. The highest BCUT2D eigenvalue weighted by atomic mass is 16.6. The Morgan fingerprint density at radius 3 is 2.18 bits per heavy atom. The van der Waals surface area contributed by atoms with E-state index in [9.17, 15) is 14.7 Å². The number of hydrogen-bond donors (Lipinski definition) is 2. The predicted octanol–water partition coefficient (Wildman–Crippen LogP) is 3.20. The Morgan fingerprint density at radius 1 is 1.18 bits per heavy atom. The lowest BCUT2D eigenvalue weighted by Crippen LogP contribution is -2.45. The van der Waals surface area contributed by atoms with Crippen LogP contribution in [-0.2, 0) is 14.3 Å². The number of carbonyl (C=O) groups is 2. The second-order valence-electron chi connectivity index (χ2n) is 6.86. The molecule has 0 aromatic heterocycles. The molecule has 0 aromatic rings. The number of amides is 1. The van der Waals surface area contributed by atoms with Crippen molar-refractivity contribution in [2.45, 2.75) is 72.5 Å². The fraction of sp³-hybridized carbons (Fsp3) is 0.875. The Labute approximate surface area is 133 Å². The van der Waals surface area contributed by atoms with E-state index in [4.69, 9.17) is 9.47 Å². The molecule has 0 fully saturated rings. The summed E-state index contributed by atoms with van der Waals surface area (Å²) in [6.07, 6.45) is 0.985. The Kier molecular flexibility index (Phi) is 8.45. The molecular weight excluding hydrogens is 286 g/mol. The molecule has 6 heteroatoms. The van der Waals surface area contributed by atoms with Crippen LogP contribution in [0.2, 0.25) is 0 Å². The highest BCUT2D eigenvalue weighted by Crippen LogP contribution is 2.28. The number of carbonyl (C=O) groups excluding carboxylic acids is 1. The molecule has 1 unspecified atom stereocenters. The van der Waals surface area contributed by atoms with Gasteiger partial charge in [-0.1, -0.05) is 13.3 Å². The molecule has 6 nitrogen and oxygen atoms in total. The smallest absolute Gasteiger partial charge is 0.407 e. The third-order valence-electron chi connectivity index (χ3n) is 3.18. The molecule has 0 saturated carbocycles. The summed E-state index contributed by atoms with van der Waals surface area (Å²) in [6, 6.07) is 0. The monoisotopic (exact) mass is 317 g/mol. The van der Waals surface area contributed by atoms with Crippen molar-refractivity contribution in [3.05, 3.63) is 0 Å². The number of ether oxygens (including phenoxy) is 2. The van der Waals surface area contributed by atoms with E-state index in [1.54, 1.807) is 20.8 Å². The van der Waals surface area contributed by atoms with Gasteiger partial charge in [-0.2, -0.15) is 0 Å². The van der Waals surface area contributed by atoms with E-state index in [2.05, 4.69) is 5.32 Å². The lowest BCUT2D eigenvalue weighted by atomic mass is 9.80. The SMILES string of the molecule is CCCC(CCOC(C)C)(CNC(=O)OC(C)(C)C)C(=O)O. The molecule has 0 aliphatic rings. The molecule has 0 bridgehead atoms. The second kappa shape index (κ2) is 8.98. The molecule has 22 heavy (non-hydrogen) atoms. The maximum Gasteiger partial charge on any atom is 0.407 e. The minimum absolute atomic E-state index is 0.0343. The standard InChI is InChI=1S/C16H31NO5/c1-7-8-16(13(18)19,9-10-21-12(2)3)11-17-14(20)22-15(4,5)6/h12H,7-11H2,1-6H3,(H,17,20)(H,18,19). The first-order valence-electron chi connectivity index (χ1n) is 7.84. The molecule has 0 radical (unpaired) electrons. The van der Waals surface area contributed by atoms with Crippen LogP contribution >= 0.6 is 0 Å². The summed E-state index contributed by atoms with van der Waals surface area (Å²) < 4.78 is 10.6. The lowest BCUT2D eigenvalue weighted by molar-refractivity contribution is -0.150. The number of rotatable bonds is 9. The maximum atomic E-state index is 11.8. The average molecular weight is 317 g/mol. The first-order valence-corrected chi connectivity index (χ1v) is 7.84. The van der Waals surface area contributed by atoms with Crippen LogP contribution < -0.4 is 5.32 Å². The van der Waals surface area contributed by atoms with Crippen molar-refractivity contribution in [2.75, 3.05) is 13.2 Å². The van der Waals surface area contributed by atoms with Crippen molar-refractivity contribution >= 4 is 12.1 Å². The van der Waals surface area contributed by atoms with Gasteiger partial charge < -0.3 is 19.9 Å². The van der Waals surface area contributed by atoms with Gasteiger partial charge in [0.25, 0.3) is 0 Å². The van der Waals surface area contributed by atoms with Crippen molar-refractivity contribution in [3.8, 4) is 0 Å². The maximum absolute atomic E-state index is 11.8. The summed E-state index contributed by atoms with van der Waals surface area (Å²) in [5.41, 5.74) is -1.64. The summed E-state index contributed by atoms with van der Waals surface area (Å²) in [5, 5.41) is 12.2. The third-order valence-corrected chi connectivity index (χ3v) is 3.18. The predicted molar refractivity (Wildman–Crippen MR) is 84.9 cm³/mol. The molecule has 2 N–H and O–H groups in total. The zero-order valence-electron chi connectivity index (χ0n) is 14.7. The summed E-state index contributed by atoms with van der Waals surface area (Å²) >= 11 is 0. The summed E-state index contributed by atoms with van der Waals surface area (Å²) in [7, 11) is 0. The molecule has 0 aromatic carbocycles. The first-order chi connectivity index (χ1) is 10.0. The van der Waals surface area contributed by atoms with Gasteiger partial charge in [-0.3, -0.25) is 4.79 Å². The molecule has 0 rings (SSSR count). The van der Waals surface area contributed by atoms with Crippen LogP contribution in [0.3, 0.4) is 0 Å². The molecule has 130 valence electrons. The highest BCUT2D eigenvalue weighted by molar-refractivity contribution is 5.76. The number of carboxylic acid groups (broad SMARTS) is 1. The number of aliphatic carboxylic acids is 1. The van der Waals surface area contributed by atoms with Gasteiger partial charge in [0.2, 0.25) is 0 Å². The Hall–Kier alpha value is -1.30. The molecule has 0 aliphatic heterocycles. The number of carboxylic acids is 1. The van der Waals surface area contributed by atoms with Crippen molar-refractivity contribution in [2.24, 2.45) is 5.41 Å². The molecule has 1 atom stereocenters. The quantitative estimate of drug-likeness (QED) is 0.682. The summed E-state index contributed by atoms with van der Waals surface area (Å²) in [5.74, 6) is -0.919. The molecule has 0 spiro atoms. The van der Waals surface area contributed by atoms with Crippen molar-refractivity contribution in [1.29, 1.82) is 0 Å². The fourth-order valence-electron chi connectivity index (χ4n) is 2.12. The summed E-state index contributed by atoms with van der Waals surface area (Å²) in [4.78, 5) is 23.5. The molecule has 0 saturated heterocycles. The number of nitrogens with one attached hydrogen (secondary N) is 1. The van der Waals surface area contributed by atoms with E-state index < -0.39 is 23.1 Å². The Bertz CT molecular complexity index is 362. The van der Waals surface area contributed by atoms with Crippen molar-refractivity contribution in [1.82, 2.24) is 5.32 Å². The molecule has 0 heterocycles. The summed E-state index contributed by atoms with van der Waals surface area (Å²) in [6.45, 7) is 11.4. The van der Waals surface area contributed by atoms with E-state index in [0.29, 0.717) is 25.9 Å². The van der Waals surface area contributed by atoms with Crippen LogP contribution in [0.4, 0.5) is 4.79 Å². The average Bonchev–Trinajstić information content (AvgIpc) is 2.33. The van der Waals surface area contributed by atoms with E-state index in [1.807, 2.05) is 20.8 Å². The zero-order chi connectivity index (χ0) is 17.4. The number of alkyl carbamates (subject to hydrolysis) is 1. The largest absolute Gasteiger partial charge is 0.481 e. The van der Waals surface area contributed by atoms with Gasteiger partial charge in [-0.15, -0.1) is 0 Å². The van der Waals surface area contributed by atoms with E-state index >= 15 is 0 Å². The lowest BCUT2D eigenvalue weighted by Gasteiger charge is -2.30. The van der Waals surface area contributed by atoms with Gasteiger partial charge in [-0.05, 0) is 47.5 Å². The van der Waals surface area contributed by atoms with Crippen molar-refractivity contribution in [3.63, 3.8) is 0 Å².